The van der Waals surface area contributed by atoms with Crippen LogP contribution >= 0.6 is 0 Å². The second-order valence-corrected chi connectivity index (χ2v) is 6.26. The lowest BCUT2D eigenvalue weighted by Gasteiger charge is -2.14. The molecule has 0 unspecified atom stereocenters. The van der Waals surface area contributed by atoms with E-state index in [4.69, 9.17) is 0 Å². The Hall–Kier alpha value is -2.95. The van der Waals surface area contributed by atoms with Gasteiger partial charge < -0.3 is 5.32 Å². The van der Waals surface area contributed by atoms with Crippen LogP contribution < -0.4 is 5.32 Å². The Kier molecular flexibility index (Phi) is 4.65. The largest absolute Gasteiger partial charge is 0.352 e. The van der Waals surface area contributed by atoms with Gasteiger partial charge in [-0.1, -0.05) is 35.9 Å². The number of nitrogens with one attached hydrogen (secondary N) is 1. The van der Waals surface area contributed by atoms with Crippen molar-refractivity contribution in [2.24, 2.45) is 0 Å². The fraction of sp³-hybridized carbons (Fsp3) is 0.250. The van der Waals surface area contributed by atoms with Crippen molar-refractivity contribution in [2.75, 3.05) is 6.54 Å². The maximum Gasteiger partial charge on any atom is 0.261 e. The summed E-state index contributed by atoms with van der Waals surface area (Å²) in [5.41, 5.74) is 4.13. The highest BCUT2D eigenvalue weighted by Gasteiger charge is 2.34. The molecule has 0 spiro atoms. The summed E-state index contributed by atoms with van der Waals surface area (Å²) in [6.07, 6.45) is 0.0936. The molecule has 3 rings (SSSR count). The van der Waals surface area contributed by atoms with Crippen molar-refractivity contribution < 1.29 is 14.4 Å². The van der Waals surface area contributed by atoms with E-state index in [0.717, 1.165) is 21.6 Å². The third-order valence-corrected chi connectivity index (χ3v) is 4.42. The fourth-order valence-corrected chi connectivity index (χ4v) is 2.93. The Morgan fingerprint density at radius 3 is 2.28 bits per heavy atom. The molecule has 0 aliphatic carbocycles. The number of aryl methyl sites for hydroxylation is 2. The van der Waals surface area contributed by atoms with Crippen LogP contribution in [0.5, 0.6) is 0 Å². The minimum atomic E-state index is -0.331. The summed E-state index contributed by atoms with van der Waals surface area (Å²) in [7, 11) is 0. The van der Waals surface area contributed by atoms with Gasteiger partial charge in [0.1, 0.15) is 0 Å². The fourth-order valence-electron chi connectivity index (χ4n) is 2.93. The average molecular weight is 336 g/mol. The van der Waals surface area contributed by atoms with Gasteiger partial charge in [0.05, 0.1) is 11.1 Å². The van der Waals surface area contributed by atoms with Gasteiger partial charge >= 0.3 is 0 Å². The Labute approximate surface area is 146 Å². The number of carbonyl (C=O) groups is 3. The molecule has 5 heteroatoms. The molecule has 0 saturated heterocycles. The van der Waals surface area contributed by atoms with Crippen LogP contribution in [0.3, 0.4) is 0 Å². The third-order valence-electron chi connectivity index (χ3n) is 4.42. The van der Waals surface area contributed by atoms with Crippen LogP contribution in [-0.4, -0.2) is 29.2 Å². The molecule has 0 fully saturated rings. The van der Waals surface area contributed by atoms with Gasteiger partial charge in [0.15, 0.2) is 0 Å². The van der Waals surface area contributed by atoms with Gasteiger partial charge in [-0.2, -0.15) is 0 Å². The highest BCUT2D eigenvalue weighted by atomic mass is 16.2. The Morgan fingerprint density at radius 1 is 1.00 bits per heavy atom. The Bertz CT molecular complexity index is 823. The molecule has 128 valence electrons. The summed E-state index contributed by atoms with van der Waals surface area (Å²) in [6.45, 7) is 4.53. The standard InChI is InChI=1S/C20H20N2O3/c1-13-7-8-14(2)15(11-13)12-21-18(23)9-10-22-19(24)16-5-3-4-6-17(16)20(22)25/h3-8,11H,9-10,12H2,1-2H3,(H,21,23). The van der Waals surface area contributed by atoms with Crippen molar-refractivity contribution in [1.29, 1.82) is 0 Å². The van der Waals surface area contributed by atoms with E-state index >= 15 is 0 Å². The maximum atomic E-state index is 12.3. The number of amides is 3. The van der Waals surface area contributed by atoms with E-state index in [1.807, 2.05) is 32.0 Å². The first-order valence-electron chi connectivity index (χ1n) is 8.25. The number of fused-ring (bicyclic) bond motifs is 1. The number of benzene rings is 2. The number of nitrogens with zero attached hydrogens (tertiary/aromatic N) is 1. The monoisotopic (exact) mass is 336 g/mol. The maximum absolute atomic E-state index is 12.3. The number of imide groups is 1. The van der Waals surface area contributed by atoms with E-state index in [2.05, 4.69) is 5.32 Å². The first-order chi connectivity index (χ1) is 12.0. The molecule has 1 aliphatic heterocycles. The molecule has 5 nitrogen and oxygen atoms in total. The van der Waals surface area contributed by atoms with E-state index in [-0.39, 0.29) is 30.7 Å². The molecule has 25 heavy (non-hydrogen) atoms. The molecule has 2 aromatic carbocycles. The molecule has 0 bridgehead atoms. The van der Waals surface area contributed by atoms with Gasteiger partial charge in [0, 0.05) is 19.5 Å². The molecule has 1 heterocycles. The minimum absolute atomic E-state index is 0.0883. The van der Waals surface area contributed by atoms with E-state index in [0.29, 0.717) is 17.7 Å². The summed E-state index contributed by atoms with van der Waals surface area (Å²) in [6, 6.07) is 12.8. The van der Waals surface area contributed by atoms with Gasteiger partial charge in [-0.05, 0) is 37.1 Å². The first-order valence-corrected chi connectivity index (χ1v) is 8.25. The second-order valence-electron chi connectivity index (χ2n) is 6.26. The van der Waals surface area contributed by atoms with Gasteiger partial charge in [-0.25, -0.2) is 0 Å². The summed E-state index contributed by atoms with van der Waals surface area (Å²) in [5.74, 6) is -0.844. The van der Waals surface area contributed by atoms with Gasteiger partial charge in [-0.3, -0.25) is 19.3 Å². The van der Waals surface area contributed by atoms with Crippen molar-refractivity contribution in [3.63, 3.8) is 0 Å². The van der Waals surface area contributed by atoms with Gasteiger partial charge in [-0.15, -0.1) is 0 Å². The molecule has 0 aromatic heterocycles. The van der Waals surface area contributed by atoms with E-state index in [1.165, 1.54) is 0 Å². The summed E-state index contributed by atoms with van der Waals surface area (Å²) in [4.78, 5) is 37.7. The molecule has 2 aromatic rings. The smallest absolute Gasteiger partial charge is 0.261 e. The Morgan fingerprint density at radius 2 is 1.64 bits per heavy atom. The van der Waals surface area contributed by atoms with Crippen molar-refractivity contribution in [3.8, 4) is 0 Å². The van der Waals surface area contributed by atoms with Crippen LogP contribution in [0.4, 0.5) is 0 Å². The molecule has 1 N–H and O–H groups in total. The zero-order valence-electron chi connectivity index (χ0n) is 14.3. The normalized spacial score (nSPS) is 13.1. The highest BCUT2D eigenvalue weighted by Crippen LogP contribution is 2.22. The second kappa shape index (κ2) is 6.89. The predicted octanol–water partition coefficient (Wildman–Crippen LogP) is 2.61. The molecular weight excluding hydrogens is 316 g/mol. The zero-order chi connectivity index (χ0) is 18.0. The molecule has 1 aliphatic rings. The molecule has 3 amide bonds. The SMILES string of the molecule is Cc1ccc(C)c(CNC(=O)CCN2C(=O)c3ccccc3C2=O)c1. The van der Waals surface area contributed by atoms with Crippen molar-refractivity contribution in [2.45, 2.75) is 26.8 Å². The number of hydrogen-bond donors (Lipinski definition) is 1. The minimum Gasteiger partial charge on any atom is -0.352 e. The van der Waals surface area contributed by atoms with Crippen molar-refractivity contribution in [3.05, 3.63) is 70.3 Å². The lowest BCUT2D eigenvalue weighted by Crippen LogP contribution is -2.34. The van der Waals surface area contributed by atoms with Crippen LogP contribution in [0.1, 0.15) is 43.8 Å². The third kappa shape index (κ3) is 3.45. The number of hydrogen-bond acceptors (Lipinski definition) is 3. The van der Waals surface area contributed by atoms with E-state index in [1.54, 1.807) is 24.3 Å². The van der Waals surface area contributed by atoms with Crippen LogP contribution in [-0.2, 0) is 11.3 Å². The zero-order valence-corrected chi connectivity index (χ0v) is 14.3. The first kappa shape index (κ1) is 16.9. The van der Waals surface area contributed by atoms with Gasteiger partial charge in [0.25, 0.3) is 11.8 Å². The average Bonchev–Trinajstić information content (AvgIpc) is 2.85. The van der Waals surface area contributed by atoms with Crippen LogP contribution in [0.25, 0.3) is 0 Å². The van der Waals surface area contributed by atoms with Crippen molar-refractivity contribution in [1.82, 2.24) is 10.2 Å². The highest BCUT2D eigenvalue weighted by molar-refractivity contribution is 6.21. The topological polar surface area (TPSA) is 66.5 Å². The quantitative estimate of drug-likeness (QED) is 0.854. The van der Waals surface area contributed by atoms with Crippen LogP contribution in [0.15, 0.2) is 42.5 Å². The number of carbonyl (C=O) groups excluding carboxylic acids is 3. The molecule has 0 radical (unpaired) electrons. The number of rotatable bonds is 5. The molecule has 0 atom stereocenters. The lowest BCUT2D eigenvalue weighted by atomic mass is 10.1. The van der Waals surface area contributed by atoms with Crippen LogP contribution in [0.2, 0.25) is 0 Å². The predicted molar refractivity (Wildman–Crippen MR) is 94.2 cm³/mol. The van der Waals surface area contributed by atoms with Crippen LogP contribution in [0, 0.1) is 13.8 Å². The Balaban J connectivity index is 1.56. The molecule has 0 saturated carbocycles. The molecular formula is C20H20N2O3. The van der Waals surface area contributed by atoms with E-state index in [9.17, 15) is 14.4 Å². The summed E-state index contributed by atoms with van der Waals surface area (Å²) in [5, 5.41) is 2.85. The van der Waals surface area contributed by atoms with E-state index < -0.39 is 0 Å². The van der Waals surface area contributed by atoms with Crippen molar-refractivity contribution >= 4 is 17.7 Å². The summed E-state index contributed by atoms with van der Waals surface area (Å²) >= 11 is 0. The van der Waals surface area contributed by atoms with Gasteiger partial charge in [0.2, 0.25) is 5.91 Å². The summed E-state index contributed by atoms with van der Waals surface area (Å²) < 4.78 is 0. The lowest BCUT2D eigenvalue weighted by molar-refractivity contribution is -0.121.